The molecule has 0 aliphatic rings. The molecule has 0 aliphatic heterocycles. The summed E-state index contributed by atoms with van der Waals surface area (Å²) in [5, 5.41) is 3.43. The highest BCUT2D eigenvalue weighted by Crippen LogP contribution is 2.19. The number of hydrogen-bond donors (Lipinski definition) is 1. The SMILES string of the molecule is CCc1cnc(CNc2nc(C)c(C)nc2Cl)o1. The molecule has 0 aliphatic carbocycles. The fraction of sp³-hybridized carbons (Fsp3) is 0.417. The summed E-state index contributed by atoms with van der Waals surface area (Å²) < 4.78 is 5.48. The molecule has 0 spiro atoms. The van der Waals surface area contributed by atoms with E-state index < -0.39 is 0 Å². The van der Waals surface area contributed by atoms with Crippen molar-refractivity contribution in [3.8, 4) is 0 Å². The highest BCUT2D eigenvalue weighted by atomic mass is 35.5. The zero-order valence-electron chi connectivity index (χ0n) is 10.6. The molecule has 0 radical (unpaired) electrons. The van der Waals surface area contributed by atoms with Crippen LogP contribution in [0.5, 0.6) is 0 Å². The first kappa shape index (κ1) is 12.8. The number of halogens is 1. The molecule has 0 saturated heterocycles. The highest BCUT2D eigenvalue weighted by Gasteiger charge is 2.08. The van der Waals surface area contributed by atoms with Gasteiger partial charge >= 0.3 is 0 Å². The molecule has 2 aromatic rings. The van der Waals surface area contributed by atoms with Crippen molar-refractivity contribution in [3.63, 3.8) is 0 Å². The lowest BCUT2D eigenvalue weighted by Crippen LogP contribution is -2.05. The van der Waals surface area contributed by atoms with Gasteiger partial charge in [-0.2, -0.15) is 0 Å². The predicted octanol–water partition coefficient (Wildman–Crippen LogP) is 2.91. The summed E-state index contributed by atoms with van der Waals surface area (Å²) in [7, 11) is 0. The van der Waals surface area contributed by atoms with E-state index in [1.165, 1.54) is 0 Å². The molecule has 2 rings (SSSR count). The van der Waals surface area contributed by atoms with Gasteiger partial charge in [-0.3, -0.25) is 0 Å². The normalized spacial score (nSPS) is 10.7. The van der Waals surface area contributed by atoms with Gasteiger partial charge in [0, 0.05) is 6.42 Å². The number of nitrogens with one attached hydrogen (secondary N) is 1. The van der Waals surface area contributed by atoms with Crippen molar-refractivity contribution in [1.29, 1.82) is 0 Å². The van der Waals surface area contributed by atoms with Crippen molar-refractivity contribution >= 4 is 17.4 Å². The Hall–Kier alpha value is -1.62. The Morgan fingerprint density at radius 1 is 1.28 bits per heavy atom. The second-order valence-electron chi connectivity index (χ2n) is 3.96. The van der Waals surface area contributed by atoms with Crippen LogP contribution in [0.3, 0.4) is 0 Å². The van der Waals surface area contributed by atoms with E-state index in [-0.39, 0.29) is 0 Å². The van der Waals surface area contributed by atoms with E-state index in [0.717, 1.165) is 23.6 Å². The molecule has 0 aromatic carbocycles. The van der Waals surface area contributed by atoms with Crippen LogP contribution < -0.4 is 5.32 Å². The first-order valence-electron chi connectivity index (χ1n) is 5.78. The third-order valence-corrected chi connectivity index (χ3v) is 2.88. The van der Waals surface area contributed by atoms with Gasteiger partial charge < -0.3 is 9.73 Å². The molecule has 1 N–H and O–H groups in total. The standard InChI is InChI=1S/C12H15ClN4O/c1-4-9-5-14-10(18-9)6-15-12-11(13)16-7(2)8(3)17-12/h5H,4,6H2,1-3H3,(H,15,17). The number of aromatic nitrogens is 3. The monoisotopic (exact) mass is 266 g/mol. The molecule has 2 heterocycles. The third-order valence-electron chi connectivity index (χ3n) is 2.62. The summed E-state index contributed by atoms with van der Waals surface area (Å²) in [6, 6.07) is 0. The first-order chi connectivity index (χ1) is 8.60. The Bertz CT molecular complexity index is 553. The third kappa shape index (κ3) is 2.79. The lowest BCUT2D eigenvalue weighted by Gasteiger charge is -2.07. The summed E-state index contributed by atoms with van der Waals surface area (Å²) in [5.41, 5.74) is 1.68. The van der Waals surface area contributed by atoms with Crippen molar-refractivity contribution in [2.24, 2.45) is 0 Å². The van der Waals surface area contributed by atoms with Gasteiger partial charge in [0.25, 0.3) is 0 Å². The zero-order valence-corrected chi connectivity index (χ0v) is 11.4. The van der Waals surface area contributed by atoms with Crippen molar-refractivity contribution in [3.05, 3.63) is 34.4 Å². The van der Waals surface area contributed by atoms with Crippen molar-refractivity contribution in [2.45, 2.75) is 33.7 Å². The second-order valence-corrected chi connectivity index (χ2v) is 4.32. The van der Waals surface area contributed by atoms with Crippen molar-refractivity contribution in [1.82, 2.24) is 15.0 Å². The summed E-state index contributed by atoms with van der Waals surface area (Å²) in [4.78, 5) is 12.7. The molecular formula is C12H15ClN4O. The lowest BCUT2D eigenvalue weighted by molar-refractivity contribution is 0.465. The molecule has 5 nitrogen and oxygen atoms in total. The lowest BCUT2D eigenvalue weighted by atomic mass is 10.3. The van der Waals surface area contributed by atoms with Crippen molar-refractivity contribution < 1.29 is 4.42 Å². The van der Waals surface area contributed by atoms with E-state index in [2.05, 4.69) is 20.3 Å². The Labute approximate surface area is 111 Å². The van der Waals surface area contributed by atoms with Gasteiger partial charge in [0.1, 0.15) is 5.76 Å². The minimum absolute atomic E-state index is 0.361. The van der Waals surface area contributed by atoms with Gasteiger partial charge in [0.05, 0.1) is 24.1 Å². The Kier molecular flexibility index (Phi) is 3.81. The second kappa shape index (κ2) is 5.35. The molecule has 96 valence electrons. The largest absolute Gasteiger partial charge is 0.444 e. The molecule has 0 amide bonds. The predicted molar refractivity (Wildman–Crippen MR) is 69.7 cm³/mol. The van der Waals surface area contributed by atoms with Crippen LogP contribution in [0.4, 0.5) is 5.82 Å². The van der Waals surface area contributed by atoms with Crippen LogP contribution in [0.2, 0.25) is 5.15 Å². The van der Waals surface area contributed by atoms with Crippen LogP contribution in [0.1, 0.15) is 30.0 Å². The molecule has 0 atom stereocenters. The summed E-state index contributed by atoms with van der Waals surface area (Å²) in [5.74, 6) is 2.03. The highest BCUT2D eigenvalue weighted by molar-refractivity contribution is 6.31. The van der Waals surface area contributed by atoms with E-state index in [4.69, 9.17) is 16.0 Å². The summed E-state index contributed by atoms with van der Waals surface area (Å²) in [6.45, 7) is 6.23. The molecule has 2 aromatic heterocycles. The molecule has 0 bridgehead atoms. The van der Waals surface area contributed by atoms with Gasteiger partial charge in [-0.25, -0.2) is 15.0 Å². The van der Waals surface area contributed by atoms with E-state index in [1.807, 2.05) is 20.8 Å². The van der Waals surface area contributed by atoms with E-state index >= 15 is 0 Å². The van der Waals surface area contributed by atoms with Crippen LogP contribution in [0, 0.1) is 13.8 Å². The quantitative estimate of drug-likeness (QED) is 0.922. The molecule has 0 unspecified atom stereocenters. The van der Waals surface area contributed by atoms with Crippen molar-refractivity contribution in [2.75, 3.05) is 5.32 Å². The van der Waals surface area contributed by atoms with Gasteiger partial charge in [-0.05, 0) is 13.8 Å². The number of anilines is 1. The van der Waals surface area contributed by atoms with Crippen LogP contribution in [0.15, 0.2) is 10.6 Å². The van der Waals surface area contributed by atoms with Gasteiger partial charge in [0.2, 0.25) is 5.89 Å². The number of nitrogens with zero attached hydrogens (tertiary/aromatic N) is 3. The first-order valence-corrected chi connectivity index (χ1v) is 6.16. The maximum atomic E-state index is 6.01. The molecule has 6 heteroatoms. The average Bonchev–Trinajstić information content (AvgIpc) is 2.80. The van der Waals surface area contributed by atoms with Crippen LogP contribution in [-0.4, -0.2) is 15.0 Å². The molecular weight excluding hydrogens is 252 g/mol. The zero-order chi connectivity index (χ0) is 13.1. The fourth-order valence-corrected chi connectivity index (χ4v) is 1.68. The number of rotatable bonds is 4. The minimum atomic E-state index is 0.361. The van der Waals surface area contributed by atoms with E-state index in [9.17, 15) is 0 Å². The minimum Gasteiger partial charge on any atom is -0.444 e. The van der Waals surface area contributed by atoms with Crippen LogP contribution in [0.25, 0.3) is 0 Å². The van der Waals surface area contributed by atoms with Gasteiger partial charge in [-0.1, -0.05) is 18.5 Å². The number of hydrogen-bond acceptors (Lipinski definition) is 5. The molecule has 0 saturated carbocycles. The average molecular weight is 267 g/mol. The fourth-order valence-electron chi connectivity index (χ4n) is 1.44. The maximum Gasteiger partial charge on any atom is 0.213 e. The Balaban J connectivity index is 2.08. The summed E-state index contributed by atoms with van der Waals surface area (Å²) >= 11 is 6.01. The Morgan fingerprint density at radius 2 is 2.00 bits per heavy atom. The van der Waals surface area contributed by atoms with E-state index in [0.29, 0.717) is 23.4 Å². The molecule has 0 fully saturated rings. The molecule has 18 heavy (non-hydrogen) atoms. The van der Waals surface area contributed by atoms with E-state index in [1.54, 1.807) is 6.20 Å². The summed E-state index contributed by atoms with van der Waals surface area (Å²) in [6.07, 6.45) is 2.56. The smallest absolute Gasteiger partial charge is 0.213 e. The maximum absolute atomic E-state index is 6.01. The number of aryl methyl sites for hydroxylation is 3. The van der Waals surface area contributed by atoms with Gasteiger partial charge in [0.15, 0.2) is 11.0 Å². The van der Waals surface area contributed by atoms with Crippen LogP contribution in [-0.2, 0) is 13.0 Å². The van der Waals surface area contributed by atoms with Crippen LogP contribution >= 0.6 is 11.6 Å². The van der Waals surface area contributed by atoms with Gasteiger partial charge in [-0.15, -0.1) is 0 Å². The Morgan fingerprint density at radius 3 is 2.67 bits per heavy atom. The topological polar surface area (TPSA) is 63.8 Å². The number of oxazole rings is 1.